The lowest BCUT2D eigenvalue weighted by Gasteiger charge is -2.23. The van der Waals surface area contributed by atoms with E-state index < -0.39 is 0 Å². The summed E-state index contributed by atoms with van der Waals surface area (Å²) in [5, 5.41) is 1.15. The molecule has 6 heteroatoms. The van der Waals surface area contributed by atoms with Gasteiger partial charge in [0, 0.05) is 18.0 Å². The average Bonchev–Trinajstić information content (AvgIpc) is 2.89. The first kappa shape index (κ1) is 15.0. The highest BCUT2D eigenvalue weighted by molar-refractivity contribution is 7.18. The molecule has 3 N–H and O–H groups in total. The smallest absolute Gasteiger partial charge is 0.240 e. The number of thiophene rings is 1. The molecule has 0 fully saturated rings. The van der Waals surface area contributed by atoms with Gasteiger partial charge in [0.25, 0.3) is 0 Å². The second kappa shape index (κ2) is 6.85. The summed E-state index contributed by atoms with van der Waals surface area (Å²) in [4.78, 5) is 13.7. The molecule has 0 bridgehead atoms. The van der Waals surface area contributed by atoms with Crippen molar-refractivity contribution in [3.8, 4) is 0 Å². The minimum Gasteiger partial charge on any atom is -0.356 e. The predicted molar refractivity (Wildman–Crippen MR) is 87.4 cm³/mol. The molecule has 0 saturated carbocycles. The lowest BCUT2D eigenvalue weighted by Crippen LogP contribution is -2.26. The van der Waals surface area contributed by atoms with Crippen LogP contribution in [0, 0.1) is 0 Å². The third-order valence-electron chi connectivity index (χ3n) is 3.19. The molecule has 20 heavy (non-hydrogen) atoms. The van der Waals surface area contributed by atoms with Crippen molar-refractivity contribution in [1.29, 1.82) is 0 Å². The molecule has 0 radical (unpaired) electrons. The zero-order chi connectivity index (χ0) is 14.5. The van der Waals surface area contributed by atoms with Crippen molar-refractivity contribution in [1.82, 2.24) is 9.97 Å². The molecule has 0 saturated heterocycles. The van der Waals surface area contributed by atoms with Gasteiger partial charge in [-0.2, -0.15) is 4.98 Å². The van der Waals surface area contributed by atoms with Crippen LogP contribution in [0.2, 0.25) is 0 Å². The number of nitrogens with two attached hydrogens (primary N) is 1. The van der Waals surface area contributed by atoms with E-state index in [4.69, 9.17) is 5.84 Å². The Kier molecular flexibility index (Phi) is 5.14. The third-order valence-corrected chi connectivity index (χ3v) is 4.36. The highest BCUT2D eigenvalue weighted by Gasteiger charge is 2.15. The molecule has 0 atom stereocenters. The summed E-state index contributed by atoms with van der Waals surface area (Å²) in [5.74, 6) is 7.01. The maximum atomic E-state index is 5.51. The van der Waals surface area contributed by atoms with Gasteiger partial charge >= 0.3 is 0 Å². The van der Waals surface area contributed by atoms with Crippen LogP contribution < -0.4 is 16.2 Å². The number of fused-ring (bicyclic) bond motifs is 1. The Hall–Kier alpha value is -1.40. The molecule has 0 amide bonds. The van der Waals surface area contributed by atoms with Crippen LogP contribution in [0.15, 0.2) is 6.07 Å². The minimum absolute atomic E-state index is 0.495. The Balaban J connectivity index is 2.54. The number of nitrogens with one attached hydrogen (secondary N) is 1. The molecule has 0 aliphatic rings. The number of hydrogen-bond acceptors (Lipinski definition) is 6. The monoisotopic (exact) mass is 293 g/mol. The van der Waals surface area contributed by atoms with Gasteiger partial charge in [0.15, 0.2) is 0 Å². The molecule has 110 valence electrons. The van der Waals surface area contributed by atoms with Crippen molar-refractivity contribution < 1.29 is 0 Å². The minimum atomic E-state index is 0.495. The summed E-state index contributed by atoms with van der Waals surface area (Å²) in [6, 6.07) is 2.22. The molecule has 2 aromatic rings. The number of rotatable bonds is 7. The van der Waals surface area contributed by atoms with Crippen molar-refractivity contribution in [2.45, 2.75) is 40.0 Å². The van der Waals surface area contributed by atoms with Crippen LogP contribution in [-0.2, 0) is 6.42 Å². The van der Waals surface area contributed by atoms with Gasteiger partial charge in [-0.25, -0.2) is 10.8 Å². The first-order valence-corrected chi connectivity index (χ1v) is 8.07. The van der Waals surface area contributed by atoms with E-state index in [2.05, 4.69) is 47.1 Å². The Bertz CT molecular complexity index is 560. The second-order valence-electron chi connectivity index (χ2n) is 4.79. The number of nitrogens with zero attached hydrogens (tertiary/aromatic N) is 3. The molecule has 0 aliphatic heterocycles. The number of nitrogen functional groups attached to an aromatic ring is 1. The normalized spacial score (nSPS) is 11.0. The van der Waals surface area contributed by atoms with E-state index in [1.807, 2.05) is 0 Å². The molecular weight excluding hydrogens is 270 g/mol. The molecule has 0 aliphatic carbocycles. The van der Waals surface area contributed by atoms with Gasteiger partial charge in [0.2, 0.25) is 5.95 Å². The summed E-state index contributed by atoms with van der Waals surface area (Å²) in [5.41, 5.74) is 2.58. The summed E-state index contributed by atoms with van der Waals surface area (Å²) >= 11 is 1.72. The SMILES string of the molecule is CCCN(CCC)c1nc(NN)nc2sc(CC)cc12. The van der Waals surface area contributed by atoms with Crippen LogP contribution in [0.1, 0.15) is 38.5 Å². The number of hydrazine groups is 1. The van der Waals surface area contributed by atoms with Crippen LogP contribution in [0.5, 0.6) is 0 Å². The maximum absolute atomic E-state index is 5.51. The highest BCUT2D eigenvalue weighted by Crippen LogP contribution is 2.32. The predicted octanol–water partition coefficient (Wildman–Crippen LogP) is 3.17. The Labute approximate surface area is 124 Å². The fourth-order valence-corrected chi connectivity index (χ4v) is 3.26. The zero-order valence-corrected chi connectivity index (χ0v) is 13.3. The average molecular weight is 293 g/mol. The fourth-order valence-electron chi connectivity index (χ4n) is 2.30. The van der Waals surface area contributed by atoms with Crippen LogP contribution in [0.3, 0.4) is 0 Å². The standard InChI is InChI=1S/C14H23N5S/c1-4-7-19(8-5-2)12-11-9-10(6-3)20-13(11)17-14(16-12)18-15/h9H,4-8,15H2,1-3H3,(H,16,17,18). The number of aryl methyl sites for hydroxylation is 1. The lowest BCUT2D eigenvalue weighted by molar-refractivity contribution is 0.737. The van der Waals surface area contributed by atoms with Gasteiger partial charge in [0.05, 0.1) is 5.39 Å². The van der Waals surface area contributed by atoms with Crippen LogP contribution in [-0.4, -0.2) is 23.1 Å². The molecule has 0 spiro atoms. The van der Waals surface area contributed by atoms with E-state index in [1.54, 1.807) is 11.3 Å². The van der Waals surface area contributed by atoms with Crippen LogP contribution >= 0.6 is 11.3 Å². The zero-order valence-electron chi connectivity index (χ0n) is 12.4. The Morgan fingerprint density at radius 3 is 2.45 bits per heavy atom. The topological polar surface area (TPSA) is 67.1 Å². The van der Waals surface area contributed by atoms with Gasteiger partial charge in [-0.3, -0.25) is 5.43 Å². The van der Waals surface area contributed by atoms with E-state index in [9.17, 15) is 0 Å². The molecule has 2 heterocycles. The number of aromatic nitrogens is 2. The van der Waals surface area contributed by atoms with Crippen LogP contribution in [0.4, 0.5) is 11.8 Å². The van der Waals surface area contributed by atoms with E-state index in [-0.39, 0.29) is 0 Å². The van der Waals surface area contributed by atoms with Crippen molar-refractivity contribution in [3.63, 3.8) is 0 Å². The van der Waals surface area contributed by atoms with Gasteiger partial charge in [-0.1, -0.05) is 20.8 Å². The third kappa shape index (κ3) is 3.02. The first-order chi connectivity index (χ1) is 9.73. The molecule has 2 rings (SSSR count). The van der Waals surface area contributed by atoms with Gasteiger partial charge in [-0.15, -0.1) is 11.3 Å². The van der Waals surface area contributed by atoms with E-state index >= 15 is 0 Å². The van der Waals surface area contributed by atoms with E-state index in [1.165, 1.54) is 4.88 Å². The van der Waals surface area contributed by atoms with Gasteiger partial charge < -0.3 is 4.90 Å². The second-order valence-corrected chi connectivity index (χ2v) is 5.90. The van der Waals surface area contributed by atoms with Crippen molar-refractivity contribution in [2.24, 2.45) is 5.84 Å². The fraction of sp³-hybridized carbons (Fsp3) is 0.571. The van der Waals surface area contributed by atoms with Crippen LogP contribution in [0.25, 0.3) is 10.2 Å². The Morgan fingerprint density at radius 2 is 1.90 bits per heavy atom. The maximum Gasteiger partial charge on any atom is 0.240 e. The van der Waals surface area contributed by atoms with Crippen molar-refractivity contribution in [2.75, 3.05) is 23.4 Å². The van der Waals surface area contributed by atoms with Gasteiger partial charge in [-0.05, 0) is 25.3 Å². The number of hydrogen-bond donors (Lipinski definition) is 2. The number of anilines is 2. The van der Waals surface area contributed by atoms with Gasteiger partial charge in [0.1, 0.15) is 10.6 Å². The summed E-state index contributed by atoms with van der Waals surface area (Å²) < 4.78 is 0. The summed E-state index contributed by atoms with van der Waals surface area (Å²) in [7, 11) is 0. The summed E-state index contributed by atoms with van der Waals surface area (Å²) in [6.07, 6.45) is 3.22. The molecule has 0 unspecified atom stereocenters. The molecule has 0 aromatic carbocycles. The van der Waals surface area contributed by atoms with Crippen molar-refractivity contribution in [3.05, 3.63) is 10.9 Å². The molecule has 2 aromatic heterocycles. The quantitative estimate of drug-likeness (QED) is 0.606. The van der Waals surface area contributed by atoms with E-state index in [0.29, 0.717) is 5.95 Å². The largest absolute Gasteiger partial charge is 0.356 e. The first-order valence-electron chi connectivity index (χ1n) is 7.25. The molecule has 5 nitrogen and oxygen atoms in total. The van der Waals surface area contributed by atoms with E-state index in [0.717, 1.165) is 48.4 Å². The summed E-state index contributed by atoms with van der Waals surface area (Å²) in [6.45, 7) is 8.54. The molecular formula is C14H23N5S. The Morgan fingerprint density at radius 1 is 1.20 bits per heavy atom. The van der Waals surface area contributed by atoms with Crippen molar-refractivity contribution >= 4 is 33.3 Å². The highest BCUT2D eigenvalue weighted by atomic mass is 32.1. The lowest BCUT2D eigenvalue weighted by atomic mass is 10.2.